The number of nitrogens with zero attached hydrogens (tertiary/aromatic N) is 4. The van der Waals surface area contributed by atoms with Gasteiger partial charge in [-0.2, -0.15) is 5.10 Å². The minimum Gasteiger partial charge on any atom is -0.272 e. The Balaban J connectivity index is 1.51. The minimum atomic E-state index is -0.426. The molecule has 0 aliphatic heterocycles. The number of thioether (sulfide) groups is 1. The second-order valence-electron chi connectivity index (χ2n) is 7.59. The summed E-state index contributed by atoms with van der Waals surface area (Å²) in [5.41, 5.74) is 6.82. The highest BCUT2D eigenvalue weighted by atomic mass is 79.9. The van der Waals surface area contributed by atoms with Crippen LogP contribution in [-0.2, 0) is 4.79 Å². The average Bonchev–Trinajstić information content (AvgIpc) is 3.25. The van der Waals surface area contributed by atoms with E-state index >= 15 is 0 Å². The summed E-state index contributed by atoms with van der Waals surface area (Å²) in [7, 11) is 0. The summed E-state index contributed by atoms with van der Waals surface area (Å²) in [5, 5.41) is 13.2. The van der Waals surface area contributed by atoms with Crippen molar-refractivity contribution in [3.8, 4) is 17.1 Å². The zero-order chi connectivity index (χ0) is 24.1. The van der Waals surface area contributed by atoms with Crippen molar-refractivity contribution in [2.24, 2.45) is 5.10 Å². The molecule has 1 heterocycles. The van der Waals surface area contributed by atoms with Gasteiger partial charge in [-0.15, -0.1) is 10.2 Å². The van der Waals surface area contributed by atoms with Crippen LogP contribution in [0.15, 0.2) is 81.5 Å². The van der Waals surface area contributed by atoms with E-state index in [1.807, 2.05) is 66.9 Å². The largest absolute Gasteiger partial charge is 0.272 e. The molecule has 0 unspecified atom stereocenters. The van der Waals surface area contributed by atoms with Crippen LogP contribution in [0, 0.1) is 19.7 Å². The fourth-order valence-corrected chi connectivity index (χ4v) is 4.25. The fourth-order valence-electron chi connectivity index (χ4n) is 3.13. The highest BCUT2D eigenvalue weighted by Gasteiger charge is 2.17. The van der Waals surface area contributed by atoms with Crippen molar-refractivity contribution < 1.29 is 9.18 Å². The van der Waals surface area contributed by atoms with Gasteiger partial charge in [-0.3, -0.25) is 9.36 Å². The van der Waals surface area contributed by atoms with Crippen LogP contribution in [0.1, 0.15) is 16.7 Å². The summed E-state index contributed by atoms with van der Waals surface area (Å²) in [6.07, 6.45) is 1.27. The minimum absolute atomic E-state index is 0.0657. The Morgan fingerprint density at radius 3 is 2.44 bits per heavy atom. The molecule has 1 aromatic heterocycles. The number of aryl methyl sites for hydroxylation is 2. The van der Waals surface area contributed by atoms with Crippen LogP contribution in [0.2, 0.25) is 0 Å². The molecular weight excluding hydrogens is 517 g/mol. The lowest BCUT2D eigenvalue weighted by atomic mass is 10.1. The molecule has 4 aromatic rings. The van der Waals surface area contributed by atoms with Crippen molar-refractivity contribution in [1.29, 1.82) is 0 Å². The van der Waals surface area contributed by atoms with E-state index in [2.05, 4.69) is 36.7 Å². The maximum absolute atomic E-state index is 13.8. The van der Waals surface area contributed by atoms with Crippen molar-refractivity contribution in [2.75, 3.05) is 5.75 Å². The predicted octanol–water partition coefficient (Wildman–Crippen LogP) is 5.70. The topological polar surface area (TPSA) is 72.2 Å². The molecule has 1 N–H and O–H groups in total. The molecule has 0 saturated carbocycles. The summed E-state index contributed by atoms with van der Waals surface area (Å²) in [6.45, 7) is 4.05. The Bertz CT molecular complexity index is 1340. The van der Waals surface area contributed by atoms with Gasteiger partial charge in [-0.25, -0.2) is 9.82 Å². The van der Waals surface area contributed by atoms with Gasteiger partial charge in [0.15, 0.2) is 11.0 Å². The van der Waals surface area contributed by atoms with E-state index < -0.39 is 5.82 Å². The molecule has 34 heavy (non-hydrogen) atoms. The van der Waals surface area contributed by atoms with E-state index in [1.165, 1.54) is 24.0 Å². The third-order valence-electron chi connectivity index (χ3n) is 4.92. The first-order valence-electron chi connectivity index (χ1n) is 10.4. The molecule has 0 aliphatic carbocycles. The Morgan fingerprint density at radius 2 is 1.74 bits per heavy atom. The number of carbonyl (C=O) groups is 1. The monoisotopic (exact) mass is 537 g/mol. The van der Waals surface area contributed by atoms with Gasteiger partial charge >= 0.3 is 0 Å². The quantitative estimate of drug-likeness (QED) is 0.186. The molecule has 4 rings (SSSR count). The number of benzene rings is 3. The number of carbonyl (C=O) groups excluding carboxylic acids is 1. The molecule has 1 amide bonds. The highest BCUT2D eigenvalue weighted by molar-refractivity contribution is 9.10. The molecule has 0 bridgehead atoms. The molecule has 0 saturated heterocycles. The lowest BCUT2D eigenvalue weighted by Gasteiger charge is -2.11. The molecule has 0 fully saturated rings. The number of rotatable bonds is 7. The Morgan fingerprint density at radius 1 is 1.06 bits per heavy atom. The van der Waals surface area contributed by atoms with Crippen molar-refractivity contribution in [2.45, 2.75) is 19.0 Å². The van der Waals surface area contributed by atoms with Crippen LogP contribution in [-0.4, -0.2) is 32.6 Å². The lowest BCUT2D eigenvalue weighted by molar-refractivity contribution is -0.118. The van der Waals surface area contributed by atoms with Gasteiger partial charge in [-0.1, -0.05) is 75.2 Å². The van der Waals surface area contributed by atoms with Gasteiger partial charge in [0.05, 0.1) is 12.0 Å². The predicted molar refractivity (Wildman–Crippen MR) is 137 cm³/mol. The average molecular weight is 538 g/mol. The lowest BCUT2D eigenvalue weighted by Crippen LogP contribution is -2.20. The molecular formula is C25H21BrFN5OS. The first-order valence-corrected chi connectivity index (χ1v) is 12.2. The van der Waals surface area contributed by atoms with Crippen LogP contribution >= 0.6 is 27.7 Å². The Hall–Kier alpha value is -3.30. The number of amides is 1. The van der Waals surface area contributed by atoms with E-state index in [0.29, 0.717) is 11.0 Å². The molecule has 0 spiro atoms. The normalized spacial score (nSPS) is 11.2. The maximum Gasteiger partial charge on any atom is 0.250 e. The molecule has 0 radical (unpaired) electrons. The van der Waals surface area contributed by atoms with Crippen LogP contribution in [0.4, 0.5) is 4.39 Å². The van der Waals surface area contributed by atoms with Crippen molar-refractivity contribution >= 4 is 39.8 Å². The first kappa shape index (κ1) is 23.8. The number of hydrazone groups is 1. The van der Waals surface area contributed by atoms with Gasteiger partial charge in [-0.05, 0) is 44.2 Å². The van der Waals surface area contributed by atoms with Crippen molar-refractivity contribution in [1.82, 2.24) is 20.2 Å². The van der Waals surface area contributed by atoms with E-state index in [0.717, 1.165) is 26.9 Å². The second-order valence-corrected chi connectivity index (χ2v) is 9.45. The van der Waals surface area contributed by atoms with Gasteiger partial charge in [0.1, 0.15) is 5.82 Å². The summed E-state index contributed by atoms with van der Waals surface area (Å²) in [6, 6.07) is 20.6. The van der Waals surface area contributed by atoms with E-state index in [1.54, 1.807) is 12.1 Å². The van der Waals surface area contributed by atoms with Gasteiger partial charge in [0.25, 0.3) is 5.91 Å². The van der Waals surface area contributed by atoms with Gasteiger partial charge < -0.3 is 0 Å². The zero-order valence-electron chi connectivity index (χ0n) is 18.5. The first-order chi connectivity index (χ1) is 16.4. The summed E-state index contributed by atoms with van der Waals surface area (Å²) < 4.78 is 16.5. The molecule has 3 aromatic carbocycles. The highest BCUT2D eigenvalue weighted by Crippen LogP contribution is 2.28. The van der Waals surface area contributed by atoms with Crippen LogP contribution in [0.3, 0.4) is 0 Å². The van der Waals surface area contributed by atoms with Gasteiger partial charge in [0, 0.05) is 21.3 Å². The third kappa shape index (κ3) is 5.78. The van der Waals surface area contributed by atoms with E-state index in [-0.39, 0.29) is 17.2 Å². The molecule has 0 aliphatic rings. The summed E-state index contributed by atoms with van der Waals surface area (Å²) >= 11 is 4.53. The number of hydrogen-bond acceptors (Lipinski definition) is 5. The smallest absolute Gasteiger partial charge is 0.250 e. The Kier molecular flexibility index (Phi) is 7.54. The zero-order valence-corrected chi connectivity index (χ0v) is 20.9. The fraction of sp³-hybridized carbons (Fsp3) is 0.120. The van der Waals surface area contributed by atoms with Crippen molar-refractivity contribution in [3.05, 3.63) is 93.7 Å². The summed E-state index contributed by atoms with van der Waals surface area (Å²) in [5.74, 6) is -0.0109. The molecule has 6 nitrogen and oxygen atoms in total. The SMILES string of the molecule is Cc1ccc(-c2nnc(SCC(=O)N/N=C/c3cc(Br)ccc3F)n2-c2ccc(C)cc2)cc1. The molecule has 0 atom stereocenters. The van der Waals surface area contributed by atoms with Gasteiger partial charge in [0.2, 0.25) is 0 Å². The Labute approximate surface area is 209 Å². The van der Waals surface area contributed by atoms with Crippen LogP contribution in [0.25, 0.3) is 17.1 Å². The van der Waals surface area contributed by atoms with Crippen molar-refractivity contribution in [3.63, 3.8) is 0 Å². The number of halogens is 2. The molecule has 9 heteroatoms. The van der Waals surface area contributed by atoms with Crippen LogP contribution in [0.5, 0.6) is 0 Å². The maximum atomic E-state index is 13.8. The second kappa shape index (κ2) is 10.8. The number of aromatic nitrogens is 3. The summed E-state index contributed by atoms with van der Waals surface area (Å²) in [4.78, 5) is 12.4. The van der Waals surface area contributed by atoms with E-state index in [9.17, 15) is 9.18 Å². The standard InChI is InChI=1S/C25H21BrFN5OS/c1-16-3-7-18(8-4-16)24-30-31-25(32(24)21-10-5-17(2)6-11-21)34-15-23(33)29-28-14-19-13-20(26)9-12-22(19)27/h3-14H,15H2,1-2H3,(H,29,33)/b28-14+. The third-order valence-corrected chi connectivity index (χ3v) is 6.34. The van der Waals surface area contributed by atoms with Crippen LogP contribution < -0.4 is 5.43 Å². The number of nitrogens with one attached hydrogen (secondary N) is 1. The number of hydrogen-bond donors (Lipinski definition) is 1. The molecule has 172 valence electrons. The van der Waals surface area contributed by atoms with E-state index in [4.69, 9.17) is 0 Å².